The quantitative estimate of drug-likeness (QED) is 0.512. The second-order valence-electron chi connectivity index (χ2n) is 4.71. The van der Waals surface area contributed by atoms with Crippen LogP contribution >= 0.6 is 0 Å². The first-order chi connectivity index (χ1) is 8.14. The van der Waals surface area contributed by atoms with Crippen molar-refractivity contribution in [2.75, 3.05) is 13.2 Å². The number of nitrogens with two attached hydrogens (primary N) is 1. The molecule has 0 bridgehead atoms. The third kappa shape index (κ3) is 6.56. The van der Waals surface area contributed by atoms with Crippen molar-refractivity contribution in [3.05, 3.63) is 0 Å². The summed E-state index contributed by atoms with van der Waals surface area (Å²) in [4.78, 5) is 32.6. The Balaban J connectivity index is 4.12. The Bertz CT molecular complexity index is 324. The first kappa shape index (κ1) is 16.0. The van der Waals surface area contributed by atoms with Gasteiger partial charge in [-0.05, 0) is 5.41 Å². The Hall–Kier alpha value is -1.99. The van der Waals surface area contributed by atoms with Gasteiger partial charge in [0.1, 0.15) is 12.6 Å². The molecule has 0 aromatic carbocycles. The summed E-state index contributed by atoms with van der Waals surface area (Å²) < 4.78 is 4.39. The van der Waals surface area contributed by atoms with E-state index < -0.39 is 29.6 Å². The van der Waals surface area contributed by atoms with Crippen LogP contribution in [0.4, 0.5) is 9.59 Å². The summed E-state index contributed by atoms with van der Waals surface area (Å²) >= 11 is 0. The van der Waals surface area contributed by atoms with Crippen molar-refractivity contribution < 1.29 is 24.2 Å². The first-order valence-electron chi connectivity index (χ1n) is 5.34. The maximum atomic E-state index is 11.4. The zero-order valence-corrected chi connectivity index (χ0v) is 10.6. The number of hydrogen-bond donors (Lipinski definition) is 4. The zero-order chi connectivity index (χ0) is 14.3. The molecule has 0 radical (unpaired) electrons. The van der Waals surface area contributed by atoms with Crippen LogP contribution in [0.15, 0.2) is 0 Å². The van der Waals surface area contributed by atoms with Crippen LogP contribution in [0.5, 0.6) is 0 Å². The predicted molar refractivity (Wildman–Crippen MR) is 62.9 cm³/mol. The molecule has 0 aliphatic heterocycles. The van der Waals surface area contributed by atoms with Crippen molar-refractivity contribution in [3.63, 3.8) is 0 Å². The largest absolute Gasteiger partial charge is 0.480 e. The highest BCUT2D eigenvalue weighted by molar-refractivity contribution is 5.83. The van der Waals surface area contributed by atoms with Crippen molar-refractivity contribution in [1.29, 1.82) is 0 Å². The molecule has 0 aromatic heterocycles. The minimum Gasteiger partial charge on any atom is -0.480 e. The van der Waals surface area contributed by atoms with Crippen molar-refractivity contribution >= 4 is 18.1 Å². The maximum Gasteiger partial charge on any atom is 0.404 e. The molecule has 0 fully saturated rings. The molecule has 5 N–H and O–H groups in total. The number of amides is 3. The van der Waals surface area contributed by atoms with Gasteiger partial charge in [-0.1, -0.05) is 20.8 Å². The SMILES string of the molecule is CC(C)(C)[C@H](NC(=O)NCCOC(N)=O)C(=O)O. The first-order valence-corrected chi connectivity index (χ1v) is 5.34. The molecule has 0 heterocycles. The van der Waals surface area contributed by atoms with E-state index in [-0.39, 0.29) is 13.2 Å². The van der Waals surface area contributed by atoms with Crippen LogP contribution in [0, 0.1) is 5.41 Å². The lowest BCUT2D eigenvalue weighted by atomic mass is 9.87. The van der Waals surface area contributed by atoms with Crippen LogP contribution in [0.25, 0.3) is 0 Å². The van der Waals surface area contributed by atoms with Gasteiger partial charge in [0, 0.05) is 0 Å². The summed E-state index contributed by atoms with van der Waals surface area (Å²) in [6, 6.07) is -1.67. The number of carboxylic acids is 1. The molecule has 0 aromatic rings. The highest BCUT2D eigenvalue weighted by Gasteiger charge is 2.32. The molecule has 0 saturated heterocycles. The van der Waals surface area contributed by atoms with Crippen LogP contribution < -0.4 is 16.4 Å². The van der Waals surface area contributed by atoms with Gasteiger partial charge in [0.25, 0.3) is 0 Å². The molecule has 0 aliphatic carbocycles. The molecule has 0 spiro atoms. The monoisotopic (exact) mass is 261 g/mol. The van der Waals surface area contributed by atoms with E-state index >= 15 is 0 Å². The Kier molecular flexibility index (Phi) is 5.94. The molecular formula is C10H19N3O5. The van der Waals surface area contributed by atoms with E-state index in [4.69, 9.17) is 10.8 Å². The number of carbonyl (C=O) groups is 3. The number of carbonyl (C=O) groups excluding carboxylic acids is 2. The van der Waals surface area contributed by atoms with Gasteiger partial charge in [0.05, 0.1) is 6.54 Å². The molecule has 18 heavy (non-hydrogen) atoms. The van der Waals surface area contributed by atoms with E-state index in [1.165, 1.54) is 0 Å². The van der Waals surface area contributed by atoms with Crippen molar-refractivity contribution in [2.24, 2.45) is 11.1 Å². The van der Waals surface area contributed by atoms with Crippen molar-refractivity contribution in [1.82, 2.24) is 10.6 Å². The molecular weight excluding hydrogens is 242 g/mol. The number of aliphatic carboxylic acids is 1. The number of nitrogens with one attached hydrogen (secondary N) is 2. The summed E-state index contributed by atoms with van der Waals surface area (Å²) in [6.07, 6.45) is -0.935. The minimum atomic E-state index is -1.12. The van der Waals surface area contributed by atoms with Crippen LogP contribution in [-0.4, -0.2) is 42.4 Å². The Morgan fingerprint density at radius 3 is 2.28 bits per heavy atom. The summed E-state index contributed by atoms with van der Waals surface area (Å²) in [5.41, 5.74) is 4.10. The lowest BCUT2D eigenvalue weighted by Crippen LogP contribution is -2.52. The number of ether oxygens (including phenoxy) is 1. The van der Waals surface area contributed by atoms with E-state index in [1.54, 1.807) is 20.8 Å². The van der Waals surface area contributed by atoms with Gasteiger partial charge in [0.15, 0.2) is 0 Å². The average Bonchev–Trinajstić information content (AvgIpc) is 2.18. The fraction of sp³-hybridized carbons (Fsp3) is 0.700. The molecule has 104 valence electrons. The lowest BCUT2D eigenvalue weighted by molar-refractivity contribution is -0.141. The normalized spacial score (nSPS) is 12.4. The molecule has 0 saturated carbocycles. The zero-order valence-electron chi connectivity index (χ0n) is 10.6. The number of primary amides is 1. The molecule has 8 heteroatoms. The molecule has 0 aliphatic rings. The third-order valence-corrected chi connectivity index (χ3v) is 2.02. The topological polar surface area (TPSA) is 131 Å². The number of hydrogen-bond acceptors (Lipinski definition) is 4. The molecule has 1 atom stereocenters. The van der Waals surface area contributed by atoms with Gasteiger partial charge in [0.2, 0.25) is 0 Å². The van der Waals surface area contributed by atoms with Gasteiger partial charge >= 0.3 is 18.1 Å². The fourth-order valence-electron chi connectivity index (χ4n) is 1.15. The third-order valence-electron chi connectivity index (χ3n) is 2.02. The summed E-state index contributed by atoms with van der Waals surface area (Å²) in [6.45, 7) is 5.06. The number of carboxylic acid groups (broad SMARTS) is 1. The lowest BCUT2D eigenvalue weighted by Gasteiger charge is -2.27. The second-order valence-corrected chi connectivity index (χ2v) is 4.71. The predicted octanol–water partition coefficient (Wildman–Crippen LogP) is -0.120. The second kappa shape index (κ2) is 6.67. The van der Waals surface area contributed by atoms with Crippen molar-refractivity contribution in [3.8, 4) is 0 Å². The van der Waals surface area contributed by atoms with E-state index in [1.807, 2.05) is 0 Å². The fourth-order valence-corrected chi connectivity index (χ4v) is 1.15. The standard InChI is InChI=1S/C10H19N3O5/c1-10(2,3)6(7(14)15)13-9(17)12-4-5-18-8(11)16/h6H,4-5H2,1-3H3,(H2,11,16)(H,14,15)(H2,12,13,17)/t6-/m1/s1. The van der Waals surface area contributed by atoms with Crippen LogP contribution in [0.2, 0.25) is 0 Å². The Labute approximate surface area is 105 Å². The van der Waals surface area contributed by atoms with Gasteiger partial charge < -0.3 is 26.2 Å². The van der Waals surface area contributed by atoms with Crippen LogP contribution in [0.3, 0.4) is 0 Å². The smallest absolute Gasteiger partial charge is 0.404 e. The number of urea groups is 1. The van der Waals surface area contributed by atoms with E-state index in [9.17, 15) is 14.4 Å². The van der Waals surface area contributed by atoms with Gasteiger partial charge in [-0.3, -0.25) is 0 Å². The Morgan fingerprint density at radius 2 is 1.89 bits per heavy atom. The summed E-state index contributed by atoms with van der Waals surface area (Å²) in [7, 11) is 0. The highest BCUT2D eigenvalue weighted by atomic mass is 16.5. The van der Waals surface area contributed by atoms with Gasteiger partial charge in [-0.15, -0.1) is 0 Å². The van der Waals surface area contributed by atoms with E-state index in [2.05, 4.69) is 15.4 Å². The average molecular weight is 261 g/mol. The summed E-state index contributed by atoms with van der Waals surface area (Å²) in [5, 5.41) is 13.6. The molecule has 3 amide bonds. The van der Waals surface area contributed by atoms with Crippen molar-refractivity contribution in [2.45, 2.75) is 26.8 Å². The van der Waals surface area contributed by atoms with Gasteiger partial charge in [-0.2, -0.15) is 0 Å². The van der Waals surface area contributed by atoms with E-state index in [0.717, 1.165) is 0 Å². The van der Waals surface area contributed by atoms with Crippen LogP contribution in [-0.2, 0) is 9.53 Å². The molecule has 8 nitrogen and oxygen atoms in total. The number of rotatable bonds is 5. The van der Waals surface area contributed by atoms with E-state index in [0.29, 0.717) is 0 Å². The van der Waals surface area contributed by atoms with Gasteiger partial charge in [-0.25, -0.2) is 14.4 Å². The minimum absolute atomic E-state index is 0.0469. The maximum absolute atomic E-state index is 11.4. The molecule has 0 rings (SSSR count). The Morgan fingerprint density at radius 1 is 1.33 bits per heavy atom. The summed E-state index contributed by atoms with van der Waals surface area (Å²) in [5.74, 6) is -1.12. The molecule has 0 unspecified atom stereocenters. The highest BCUT2D eigenvalue weighted by Crippen LogP contribution is 2.19. The van der Waals surface area contributed by atoms with Crippen LogP contribution in [0.1, 0.15) is 20.8 Å².